The van der Waals surface area contributed by atoms with Gasteiger partial charge in [-0.05, 0) is 69.8 Å². The van der Waals surface area contributed by atoms with Gasteiger partial charge in [0.1, 0.15) is 0 Å². The van der Waals surface area contributed by atoms with Gasteiger partial charge in [-0.3, -0.25) is 0 Å². The molecule has 0 aliphatic heterocycles. The first kappa shape index (κ1) is 14.9. The Labute approximate surface area is 134 Å². The highest BCUT2D eigenvalue weighted by molar-refractivity contribution is 14.1. The zero-order valence-electron chi connectivity index (χ0n) is 11.3. The SMILES string of the molecule is CCc1ccc(CC)c(C(Cl)c2cccc(I)c2)c1. The molecule has 1 atom stereocenters. The molecule has 0 saturated carbocycles. The molecule has 0 amide bonds. The van der Waals surface area contributed by atoms with E-state index in [1.165, 1.54) is 25.8 Å². The first-order valence-electron chi connectivity index (χ1n) is 6.67. The lowest BCUT2D eigenvalue weighted by Gasteiger charge is -2.16. The van der Waals surface area contributed by atoms with Crippen molar-refractivity contribution in [3.05, 3.63) is 68.3 Å². The van der Waals surface area contributed by atoms with Crippen molar-refractivity contribution in [1.82, 2.24) is 0 Å². The van der Waals surface area contributed by atoms with E-state index in [0.717, 1.165) is 12.8 Å². The second-order valence-corrected chi connectivity index (χ2v) is 6.34. The monoisotopic (exact) mass is 384 g/mol. The number of alkyl halides is 1. The van der Waals surface area contributed by atoms with E-state index in [1.807, 2.05) is 0 Å². The van der Waals surface area contributed by atoms with Crippen LogP contribution in [0, 0.1) is 3.57 Å². The lowest BCUT2D eigenvalue weighted by Crippen LogP contribution is -2.00. The number of hydrogen-bond donors (Lipinski definition) is 0. The van der Waals surface area contributed by atoms with Gasteiger partial charge in [-0.2, -0.15) is 0 Å². The fourth-order valence-corrected chi connectivity index (χ4v) is 3.17. The van der Waals surface area contributed by atoms with E-state index in [2.05, 4.69) is 78.9 Å². The van der Waals surface area contributed by atoms with Crippen molar-refractivity contribution in [1.29, 1.82) is 0 Å². The summed E-state index contributed by atoms with van der Waals surface area (Å²) in [6.45, 7) is 4.36. The third-order valence-electron chi connectivity index (χ3n) is 3.41. The van der Waals surface area contributed by atoms with Crippen LogP contribution in [0.2, 0.25) is 0 Å². The average Bonchev–Trinajstić information content (AvgIpc) is 2.45. The first-order chi connectivity index (χ1) is 9.15. The molecule has 0 radical (unpaired) electrons. The molecule has 1 unspecified atom stereocenters. The Bertz CT molecular complexity index is 563. The Morgan fingerprint density at radius 1 is 1.05 bits per heavy atom. The quantitative estimate of drug-likeness (QED) is 0.465. The normalized spacial score (nSPS) is 12.4. The predicted molar refractivity (Wildman–Crippen MR) is 92.1 cm³/mol. The molecule has 0 bridgehead atoms. The van der Waals surface area contributed by atoms with E-state index in [-0.39, 0.29) is 5.38 Å². The smallest absolute Gasteiger partial charge is 0.0838 e. The van der Waals surface area contributed by atoms with Crippen molar-refractivity contribution in [2.75, 3.05) is 0 Å². The van der Waals surface area contributed by atoms with Crippen molar-refractivity contribution in [2.24, 2.45) is 0 Å². The van der Waals surface area contributed by atoms with Gasteiger partial charge < -0.3 is 0 Å². The van der Waals surface area contributed by atoms with Gasteiger partial charge in [0.15, 0.2) is 0 Å². The summed E-state index contributed by atoms with van der Waals surface area (Å²) in [4.78, 5) is 0. The maximum absolute atomic E-state index is 6.71. The van der Waals surface area contributed by atoms with Crippen molar-refractivity contribution in [3.63, 3.8) is 0 Å². The molecule has 0 N–H and O–H groups in total. The molecular formula is C17H18ClI. The lowest BCUT2D eigenvalue weighted by atomic mass is 9.95. The van der Waals surface area contributed by atoms with Crippen LogP contribution in [0.5, 0.6) is 0 Å². The Kier molecular flexibility index (Phi) is 5.28. The van der Waals surface area contributed by atoms with Crippen LogP contribution in [0.25, 0.3) is 0 Å². The maximum Gasteiger partial charge on any atom is 0.0838 e. The molecular weight excluding hydrogens is 367 g/mol. The molecule has 2 rings (SSSR count). The molecule has 0 aliphatic carbocycles. The summed E-state index contributed by atoms with van der Waals surface area (Å²) in [6.07, 6.45) is 2.07. The van der Waals surface area contributed by atoms with E-state index in [9.17, 15) is 0 Å². The van der Waals surface area contributed by atoms with Gasteiger partial charge in [0, 0.05) is 3.57 Å². The van der Waals surface area contributed by atoms with Crippen LogP contribution < -0.4 is 0 Å². The Hall–Kier alpha value is -0.540. The third kappa shape index (κ3) is 3.51. The van der Waals surface area contributed by atoms with Gasteiger partial charge in [-0.25, -0.2) is 0 Å². The standard InChI is InChI=1S/C17H18ClI/c1-3-12-8-9-13(4-2)16(10-12)17(18)14-6-5-7-15(19)11-14/h5-11,17H,3-4H2,1-2H3. The van der Waals surface area contributed by atoms with Gasteiger partial charge in [-0.1, -0.05) is 44.2 Å². The zero-order chi connectivity index (χ0) is 13.8. The molecule has 19 heavy (non-hydrogen) atoms. The highest BCUT2D eigenvalue weighted by Gasteiger charge is 2.15. The summed E-state index contributed by atoms with van der Waals surface area (Å²) in [7, 11) is 0. The summed E-state index contributed by atoms with van der Waals surface area (Å²) in [5, 5.41) is -0.0591. The van der Waals surface area contributed by atoms with Crippen LogP contribution in [0.3, 0.4) is 0 Å². The topological polar surface area (TPSA) is 0 Å². The van der Waals surface area contributed by atoms with Crippen LogP contribution in [0.15, 0.2) is 42.5 Å². The average molecular weight is 385 g/mol. The molecule has 2 aromatic carbocycles. The minimum atomic E-state index is -0.0591. The van der Waals surface area contributed by atoms with Crippen LogP contribution in [0.4, 0.5) is 0 Å². The fourth-order valence-electron chi connectivity index (χ4n) is 2.27. The highest BCUT2D eigenvalue weighted by Crippen LogP contribution is 2.32. The number of benzene rings is 2. The second-order valence-electron chi connectivity index (χ2n) is 4.66. The van der Waals surface area contributed by atoms with Gasteiger partial charge in [-0.15, -0.1) is 11.6 Å². The van der Waals surface area contributed by atoms with E-state index >= 15 is 0 Å². The molecule has 0 fully saturated rings. The molecule has 0 aromatic heterocycles. The largest absolute Gasteiger partial charge is 0.113 e. The van der Waals surface area contributed by atoms with Crippen LogP contribution in [-0.4, -0.2) is 0 Å². The summed E-state index contributed by atoms with van der Waals surface area (Å²) < 4.78 is 1.23. The second kappa shape index (κ2) is 6.76. The van der Waals surface area contributed by atoms with Crippen molar-refractivity contribution in [2.45, 2.75) is 32.1 Å². The van der Waals surface area contributed by atoms with Gasteiger partial charge in [0.2, 0.25) is 0 Å². The van der Waals surface area contributed by atoms with Crippen molar-refractivity contribution >= 4 is 34.2 Å². The first-order valence-corrected chi connectivity index (χ1v) is 8.18. The third-order valence-corrected chi connectivity index (χ3v) is 4.57. The lowest BCUT2D eigenvalue weighted by molar-refractivity contribution is 1.02. The predicted octanol–water partition coefficient (Wildman–Crippen LogP) is 5.74. The molecule has 2 heteroatoms. The Morgan fingerprint density at radius 3 is 2.47 bits per heavy atom. The van der Waals surface area contributed by atoms with E-state index in [0.29, 0.717) is 0 Å². The molecule has 0 spiro atoms. The molecule has 100 valence electrons. The van der Waals surface area contributed by atoms with Gasteiger partial charge in [0.25, 0.3) is 0 Å². The van der Waals surface area contributed by atoms with Crippen LogP contribution >= 0.6 is 34.2 Å². The Balaban J connectivity index is 2.44. The number of rotatable bonds is 4. The van der Waals surface area contributed by atoms with E-state index in [4.69, 9.17) is 11.6 Å². The van der Waals surface area contributed by atoms with Crippen LogP contribution in [0.1, 0.15) is 41.5 Å². The molecule has 0 nitrogen and oxygen atoms in total. The summed E-state index contributed by atoms with van der Waals surface area (Å²) in [5.41, 5.74) is 5.13. The molecule has 0 saturated heterocycles. The zero-order valence-corrected chi connectivity index (χ0v) is 14.2. The number of halogens is 2. The summed E-state index contributed by atoms with van der Waals surface area (Å²) in [5.74, 6) is 0. The number of aryl methyl sites for hydroxylation is 2. The maximum atomic E-state index is 6.71. The van der Waals surface area contributed by atoms with E-state index in [1.54, 1.807) is 0 Å². The van der Waals surface area contributed by atoms with Crippen molar-refractivity contribution < 1.29 is 0 Å². The molecule has 0 aliphatic rings. The van der Waals surface area contributed by atoms with Crippen LogP contribution in [-0.2, 0) is 12.8 Å². The minimum absolute atomic E-state index is 0.0591. The summed E-state index contributed by atoms with van der Waals surface area (Å²) in [6, 6.07) is 15.1. The fraction of sp³-hybridized carbons (Fsp3) is 0.294. The molecule has 0 heterocycles. The highest BCUT2D eigenvalue weighted by atomic mass is 127. The Morgan fingerprint density at radius 2 is 1.84 bits per heavy atom. The van der Waals surface area contributed by atoms with Gasteiger partial charge in [0.05, 0.1) is 5.38 Å². The van der Waals surface area contributed by atoms with E-state index < -0.39 is 0 Å². The van der Waals surface area contributed by atoms with Crippen molar-refractivity contribution in [3.8, 4) is 0 Å². The summed E-state index contributed by atoms with van der Waals surface area (Å²) >= 11 is 9.04. The number of hydrogen-bond acceptors (Lipinski definition) is 0. The minimum Gasteiger partial charge on any atom is -0.113 e. The van der Waals surface area contributed by atoms with Gasteiger partial charge >= 0.3 is 0 Å². The molecule has 2 aromatic rings.